The first-order chi connectivity index (χ1) is 5.18. The number of aliphatic hydroxyl groups is 1. The molecule has 2 nitrogen and oxygen atoms in total. The lowest BCUT2D eigenvalue weighted by Gasteiger charge is -1.99. The van der Waals surface area contributed by atoms with E-state index in [1.165, 1.54) is 6.92 Å². The van der Waals surface area contributed by atoms with Gasteiger partial charge in [-0.25, -0.2) is 0 Å². The number of carbonyl (C=O) groups is 1. The van der Waals surface area contributed by atoms with E-state index in [-0.39, 0.29) is 12.4 Å². The van der Waals surface area contributed by atoms with Gasteiger partial charge < -0.3 is 5.11 Å². The third kappa shape index (κ3) is 5.80. The second-order valence-corrected chi connectivity index (χ2v) is 2.69. The quantitative estimate of drug-likeness (QED) is 0.469. The smallest absolute Gasteiger partial charge is 0.155 e. The van der Waals surface area contributed by atoms with Crippen molar-refractivity contribution in [3.63, 3.8) is 0 Å². The van der Waals surface area contributed by atoms with E-state index >= 15 is 0 Å². The second kappa shape index (κ2) is 6.10. The Balaban J connectivity index is 3.25. The van der Waals surface area contributed by atoms with Crippen molar-refractivity contribution >= 4 is 5.78 Å². The number of allylic oxidation sites excluding steroid dienone is 1. The van der Waals surface area contributed by atoms with Gasteiger partial charge in [0.05, 0.1) is 0 Å². The average Bonchev–Trinajstić information content (AvgIpc) is 1.97. The first-order valence-electron chi connectivity index (χ1n) is 3.98. The molecule has 0 aliphatic heterocycles. The van der Waals surface area contributed by atoms with Gasteiger partial charge >= 0.3 is 0 Å². The van der Waals surface area contributed by atoms with Gasteiger partial charge in [-0.1, -0.05) is 13.0 Å². The molecule has 0 aromatic heterocycles. The number of ketones is 1. The standard InChI is InChI=1S/C9H16O2/c1-8(9(2)11)6-4-3-5-7-10/h10H,1,3-7H2,2H3. The van der Waals surface area contributed by atoms with Crippen LogP contribution in [0.2, 0.25) is 0 Å². The molecule has 0 aliphatic carbocycles. The zero-order valence-electron chi connectivity index (χ0n) is 7.10. The van der Waals surface area contributed by atoms with E-state index < -0.39 is 0 Å². The molecule has 0 heterocycles. The molecule has 0 aromatic carbocycles. The fourth-order valence-corrected chi connectivity index (χ4v) is 0.803. The van der Waals surface area contributed by atoms with Gasteiger partial charge in [-0.15, -0.1) is 0 Å². The number of rotatable bonds is 6. The van der Waals surface area contributed by atoms with E-state index in [2.05, 4.69) is 6.58 Å². The van der Waals surface area contributed by atoms with Crippen LogP contribution in [-0.2, 0) is 4.79 Å². The second-order valence-electron chi connectivity index (χ2n) is 2.69. The molecule has 0 aromatic rings. The summed E-state index contributed by atoms with van der Waals surface area (Å²) in [6.45, 7) is 5.42. The van der Waals surface area contributed by atoms with Crippen LogP contribution in [0.5, 0.6) is 0 Å². The number of aliphatic hydroxyl groups excluding tert-OH is 1. The van der Waals surface area contributed by atoms with Crippen LogP contribution in [0.25, 0.3) is 0 Å². The lowest BCUT2D eigenvalue weighted by Crippen LogP contribution is -1.94. The predicted molar refractivity (Wildman–Crippen MR) is 45.4 cm³/mol. The highest BCUT2D eigenvalue weighted by Gasteiger charge is 1.98. The topological polar surface area (TPSA) is 37.3 Å². The van der Waals surface area contributed by atoms with Crippen molar-refractivity contribution in [2.75, 3.05) is 6.61 Å². The van der Waals surface area contributed by atoms with E-state index in [1.54, 1.807) is 0 Å². The van der Waals surface area contributed by atoms with Crippen LogP contribution < -0.4 is 0 Å². The molecule has 0 atom stereocenters. The molecular weight excluding hydrogens is 140 g/mol. The molecule has 0 amide bonds. The van der Waals surface area contributed by atoms with Gasteiger partial charge in [-0.05, 0) is 31.8 Å². The number of hydrogen-bond acceptors (Lipinski definition) is 2. The summed E-state index contributed by atoms with van der Waals surface area (Å²) < 4.78 is 0. The maximum atomic E-state index is 10.7. The predicted octanol–water partition coefficient (Wildman–Crippen LogP) is 1.68. The Morgan fingerprint density at radius 2 is 2.00 bits per heavy atom. The first-order valence-corrected chi connectivity index (χ1v) is 3.98. The Kier molecular flexibility index (Phi) is 5.75. The highest BCUT2D eigenvalue weighted by Crippen LogP contribution is 2.07. The van der Waals surface area contributed by atoms with Gasteiger partial charge in [-0.3, -0.25) is 4.79 Å². The maximum Gasteiger partial charge on any atom is 0.155 e. The van der Waals surface area contributed by atoms with Gasteiger partial charge in [-0.2, -0.15) is 0 Å². The van der Waals surface area contributed by atoms with Crippen molar-refractivity contribution in [3.8, 4) is 0 Å². The molecule has 0 spiro atoms. The molecule has 0 rings (SSSR count). The van der Waals surface area contributed by atoms with Gasteiger partial charge in [0.2, 0.25) is 0 Å². The largest absolute Gasteiger partial charge is 0.396 e. The fraction of sp³-hybridized carbons (Fsp3) is 0.667. The van der Waals surface area contributed by atoms with Crippen LogP contribution in [-0.4, -0.2) is 17.5 Å². The summed E-state index contributed by atoms with van der Waals surface area (Å²) in [4.78, 5) is 10.7. The Morgan fingerprint density at radius 3 is 2.45 bits per heavy atom. The lowest BCUT2D eigenvalue weighted by molar-refractivity contribution is -0.113. The summed E-state index contributed by atoms with van der Waals surface area (Å²) in [5, 5.41) is 8.45. The first kappa shape index (κ1) is 10.4. The minimum Gasteiger partial charge on any atom is -0.396 e. The molecule has 0 saturated carbocycles. The Labute approximate surface area is 67.9 Å². The van der Waals surface area contributed by atoms with Crippen LogP contribution in [0.4, 0.5) is 0 Å². The fourth-order valence-electron chi connectivity index (χ4n) is 0.803. The summed E-state index contributed by atoms with van der Waals surface area (Å²) in [5.74, 6) is 0.0778. The molecule has 0 unspecified atom stereocenters. The van der Waals surface area contributed by atoms with E-state index in [4.69, 9.17) is 5.11 Å². The molecule has 1 N–H and O–H groups in total. The monoisotopic (exact) mass is 156 g/mol. The Bertz CT molecular complexity index is 138. The van der Waals surface area contributed by atoms with Gasteiger partial charge in [0.25, 0.3) is 0 Å². The summed E-state index contributed by atoms with van der Waals surface area (Å²) in [6, 6.07) is 0. The molecular formula is C9H16O2. The summed E-state index contributed by atoms with van der Waals surface area (Å²) in [6.07, 6.45) is 3.53. The number of hydrogen-bond donors (Lipinski definition) is 1. The molecule has 2 heteroatoms. The maximum absolute atomic E-state index is 10.7. The minimum atomic E-state index is 0.0778. The Hall–Kier alpha value is -0.630. The Morgan fingerprint density at radius 1 is 1.36 bits per heavy atom. The molecule has 64 valence electrons. The van der Waals surface area contributed by atoms with Crippen LogP contribution in [0.1, 0.15) is 32.6 Å². The molecule has 0 saturated heterocycles. The van der Waals surface area contributed by atoms with Crippen molar-refractivity contribution in [2.45, 2.75) is 32.6 Å². The number of carbonyl (C=O) groups excluding carboxylic acids is 1. The third-order valence-corrected chi connectivity index (χ3v) is 1.63. The molecule has 0 fully saturated rings. The van der Waals surface area contributed by atoms with E-state index in [0.29, 0.717) is 5.57 Å². The van der Waals surface area contributed by atoms with Crippen molar-refractivity contribution in [1.82, 2.24) is 0 Å². The number of unbranched alkanes of at least 4 members (excludes halogenated alkanes) is 2. The lowest BCUT2D eigenvalue weighted by atomic mass is 10.1. The van der Waals surface area contributed by atoms with Crippen LogP contribution in [0, 0.1) is 0 Å². The zero-order valence-corrected chi connectivity index (χ0v) is 7.10. The molecule has 0 radical (unpaired) electrons. The minimum absolute atomic E-state index is 0.0778. The highest BCUT2D eigenvalue weighted by molar-refractivity contribution is 5.92. The van der Waals surface area contributed by atoms with E-state index in [1.807, 2.05) is 0 Å². The van der Waals surface area contributed by atoms with Crippen LogP contribution >= 0.6 is 0 Å². The van der Waals surface area contributed by atoms with E-state index in [9.17, 15) is 4.79 Å². The van der Waals surface area contributed by atoms with Gasteiger partial charge in [0.15, 0.2) is 5.78 Å². The molecule has 0 aliphatic rings. The van der Waals surface area contributed by atoms with Crippen molar-refractivity contribution < 1.29 is 9.90 Å². The SMILES string of the molecule is C=C(CCCCCO)C(C)=O. The van der Waals surface area contributed by atoms with Crippen molar-refractivity contribution in [1.29, 1.82) is 0 Å². The molecule has 11 heavy (non-hydrogen) atoms. The van der Waals surface area contributed by atoms with E-state index in [0.717, 1.165) is 25.7 Å². The average molecular weight is 156 g/mol. The van der Waals surface area contributed by atoms with Gasteiger partial charge in [0, 0.05) is 6.61 Å². The van der Waals surface area contributed by atoms with Crippen LogP contribution in [0.3, 0.4) is 0 Å². The molecule has 0 bridgehead atoms. The normalized spacial score (nSPS) is 9.64. The summed E-state index contributed by atoms with van der Waals surface area (Å²) in [5.41, 5.74) is 0.697. The zero-order chi connectivity index (χ0) is 8.69. The van der Waals surface area contributed by atoms with Crippen LogP contribution in [0.15, 0.2) is 12.2 Å². The number of Topliss-reactive ketones (excluding diaryl/α,β-unsaturated/α-hetero) is 1. The van der Waals surface area contributed by atoms with Gasteiger partial charge in [0.1, 0.15) is 0 Å². The summed E-state index contributed by atoms with van der Waals surface area (Å²) in [7, 11) is 0. The van der Waals surface area contributed by atoms with Crippen molar-refractivity contribution in [2.24, 2.45) is 0 Å². The summed E-state index contributed by atoms with van der Waals surface area (Å²) >= 11 is 0. The van der Waals surface area contributed by atoms with Crippen molar-refractivity contribution in [3.05, 3.63) is 12.2 Å². The highest BCUT2D eigenvalue weighted by atomic mass is 16.2. The third-order valence-electron chi connectivity index (χ3n) is 1.63.